The number of halogens is 2. The van der Waals surface area contributed by atoms with Gasteiger partial charge in [-0.15, -0.1) is 0 Å². The first-order valence-electron chi connectivity index (χ1n) is 8.18. The van der Waals surface area contributed by atoms with E-state index in [9.17, 15) is 9.18 Å². The highest BCUT2D eigenvalue weighted by atomic mass is 35.5. The summed E-state index contributed by atoms with van der Waals surface area (Å²) < 4.78 is 18.8. The summed E-state index contributed by atoms with van der Waals surface area (Å²) in [5, 5.41) is 6.51. The molecule has 0 saturated carbocycles. The monoisotopic (exact) mass is 362 g/mol. The van der Waals surface area contributed by atoms with Crippen LogP contribution in [0.2, 0.25) is 5.02 Å². The van der Waals surface area contributed by atoms with Crippen LogP contribution in [-0.2, 0) is 10.3 Å². The number of carbonyl (C=O) groups excluding carboxylic acids is 1. The predicted octanol–water partition coefficient (Wildman–Crippen LogP) is 4.61. The zero-order valence-electron chi connectivity index (χ0n) is 13.9. The van der Waals surface area contributed by atoms with Crippen LogP contribution in [0.1, 0.15) is 24.0 Å². The van der Waals surface area contributed by atoms with Crippen molar-refractivity contribution in [1.29, 1.82) is 0 Å². The van der Waals surface area contributed by atoms with Crippen LogP contribution >= 0.6 is 11.6 Å². The Bertz CT molecular complexity index is 759. The Morgan fingerprint density at radius 3 is 2.48 bits per heavy atom. The molecule has 6 heteroatoms. The van der Waals surface area contributed by atoms with Gasteiger partial charge in [-0.3, -0.25) is 0 Å². The van der Waals surface area contributed by atoms with E-state index >= 15 is 0 Å². The molecule has 0 bridgehead atoms. The van der Waals surface area contributed by atoms with Gasteiger partial charge >= 0.3 is 6.03 Å². The van der Waals surface area contributed by atoms with Crippen molar-refractivity contribution in [2.24, 2.45) is 0 Å². The quantitative estimate of drug-likeness (QED) is 0.837. The van der Waals surface area contributed by atoms with Crippen molar-refractivity contribution in [3.05, 3.63) is 64.4 Å². The third kappa shape index (κ3) is 4.11. The average molecular weight is 363 g/mol. The van der Waals surface area contributed by atoms with Crippen LogP contribution < -0.4 is 10.6 Å². The van der Waals surface area contributed by atoms with Crippen LogP contribution in [0, 0.1) is 12.7 Å². The first-order valence-corrected chi connectivity index (χ1v) is 8.55. The summed E-state index contributed by atoms with van der Waals surface area (Å²) >= 11 is 5.98. The molecule has 1 aliphatic heterocycles. The number of nitrogens with one attached hydrogen (secondary N) is 2. The Balaban J connectivity index is 1.79. The molecular weight excluding hydrogens is 343 g/mol. The minimum absolute atomic E-state index is 0.298. The smallest absolute Gasteiger partial charge is 0.319 e. The highest BCUT2D eigenvalue weighted by Crippen LogP contribution is 2.33. The summed E-state index contributed by atoms with van der Waals surface area (Å²) in [4.78, 5) is 12.5. The lowest BCUT2D eigenvalue weighted by Gasteiger charge is -2.38. The summed E-state index contributed by atoms with van der Waals surface area (Å²) in [6.45, 7) is 2.79. The zero-order chi connectivity index (χ0) is 17.9. The number of benzene rings is 2. The van der Waals surface area contributed by atoms with Crippen LogP contribution in [0.4, 0.5) is 14.9 Å². The molecule has 2 aromatic carbocycles. The average Bonchev–Trinajstić information content (AvgIpc) is 2.59. The highest BCUT2D eigenvalue weighted by molar-refractivity contribution is 6.30. The van der Waals surface area contributed by atoms with E-state index in [0.717, 1.165) is 5.56 Å². The maximum Gasteiger partial charge on any atom is 0.319 e. The SMILES string of the molecule is Cc1cc(NC(=O)NC2(c3ccc(Cl)cc3)CCOCC2)ccc1F. The third-order valence-electron chi connectivity index (χ3n) is 4.51. The van der Waals surface area contributed by atoms with E-state index in [0.29, 0.717) is 42.3 Å². The number of hydrogen-bond donors (Lipinski definition) is 2. The molecule has 2 amide bonds. The molecule has 0 spiro atoms. The van der Waals surface area contributed by atoms with Gasteiger partial charge in [0.1, 0.15) is 5.82 Å². The van der Waals surface area contributed by atoms with Crippen molar-refractivity contribution in [2.75, 3.05) is 18.5 Å². The number of rotatable bonds is 3. The van der Waals surface area contributed by atoms with E-state index in [4.69, 9.17) is 16.3 Å². The minimum atomic E-state index is -0.512. The first kappa shape index (κ1) is 17.7. The fourth-order valence-electron chi connectivity index (χ4n) is 3.08. The van der Waals surface area contributed by atoms with Crippen LogP contribution in [0.25, 0.3) is 0 Å². The molecule has 1 aliphatic rings. The molecule has 1 fully saturated rings. The maximum atomic E-state index is 13.4. The molecule has 4 nitrogen and oxygen atoms in total. The lowest BCUT2D eigenvalue weighted by Crippen LogP contribution is -2.50. The van der Waals surface area contributed by atoms with Gasteiger partial charge < -0.3 is 15.4 Å². The van der Waals surface area contributed by atoms with E-state index < -0.39 is 5.54 Å². The van der Waals surface area contributed by atoms with Gasteiger partial charge in [0.25, 0.3) is 0 Å². The Hall–Kier alpha value is -2.11. The summed E-state index contributed by atoms with van der Waals surface area (Å²) in [7, 11) is 0. The number of urea groups is 1. The normalized spacial score (nSPS) is 16.3. The molecule has 25 heavy (non-hydrogen) atoms. The molecule has 132 valence electrons. The molecule has 2 aromatic rings. The summed E-state index contributed by atoms with van der Waals surface area (Å²) in [6, 6.07) is 11.6. The van der Waals surface area contributed by atoms with Gasteiger partial charge in [0.15, 0.2) is 0 Å². The molecule has 3 rings (SSSR count). The third-order valence-corrected chi connectivity index (χ3v) is 4.76. The molecule has 0 aromatic heterocycles. The Labute approximate surface area is 151 Å². The van der Waals surface area contributed by atoms with Gasteiger partial charge in [0, 0.05) is 23.9 Å². The van der Waals surface area contributed by atoms with Gasteiger partial charge in [0.2, 0.25) is 0 Å². The zero-order valence-corrected chi connectivity index (χ0v) is 14.7. The highest BCUT2D eigenvalue weighted by Gasteiger charge is 2.36. The van der Waals surface area contributed by atoms with E-state index in [1.54, 1.807) is 19.1 Å². The lowest BCUT2D eigenvalue weighted by molar-refractivity contribution is 0.0418. The van der Waals surface area contributed by atoms with Crippen LogP contribution in [0.15, 0.2) is 42.5 Å². The fraction of sp³-hybridized carbons (Fsp3) is 0.316. The number of carbonyl (C=O) groups is 1. The van der Waals surface area contributed by atoms with Crippen LogP contribution in [-0.4, -0.2) is 19.2 Å². The topological polar surface area (TPSA) is 50.4 Å². The lowest BCUT2D eigenvalue weighted by atomic mass is 9.83. The molecule has 0 aliphatic carbocycles. The number of amides is 2. The van der Waals surface area contributed by atoms with Gasteiger partial charge in [-0.05, 0) is 61.2 Å². The van der Waals surface area contributed by atoms with Crippen molar-refractivity contribution in [3.63, 3.8) is 0 Å². The second-order valence-corrected chi connectivity index (χ2v) is 6.68. The number of anilines is 1. The van der Waals surface area contributed by atoms with E-state index in [-0.39, 0.29) is 11.8 Å². The number of hydrogen-bond acceptors (Lipinski definition) is 2. The van der Waals surface area contributed by atoms with Crippen LogP contribution in [0.5, 0.6) is 0 Å². The van der Waals surface area contributed by atoms with Crippen LogP contribution in [0.3, 0.4) is 0 Å². The van der Waals surface area contributed by atoms with Gasteiger partial charge in [-0.25, -0.2) is 9.18 Å². The largest absolute Gasteiger partial charge is 0.381 e. The number of ether oxygens (including phenoxy) is 1. The van der Waals surface area contributed by atoms with Crippen molar-refractivity contribution >= 4 is 23.3 Å². The second-order valence-electron chi connectivity index (χ2n) is 6.24. The van der Waals surface area contributed by atoms with Gasteiger partial charge in [-0.2, -0.15) is 0 Å². The molecule has 1 heterocycles. The van der Waals surface area contributed by atoms with Gasteiger partial charge in [0.05, 0.1) is 5.54 Å². The van der Waals surface area contributed by atoms with E-state index in [2.05, 4.69) is 10.6 Å². The van der Waals surface area contributed by atoms with Gasteiger partial charge in [-0.1, -0.05) is 23.7 Å². The molecule has 0 atom stereocenters. The standard InChI is InChI=1S/C19H20ClFN2O2/c1-13-12-16(6-7-17(13)21)22-18(24)23-19(8-10-25-11-9-19)14-2-4-15(20)5-3-14/h2-7,12H,8-11H2,1H3,(H2,22,23,24). The molecule has 0 unspecified atom stereocenters. The van der Waals surface area contributed by atoms with Crippen molar-refractivity contribution in [2.45, 2.75) is 25.3 Å². The van der Waals surface area contributed by atoms with E-state index in [1.807, 2.05) is 24.3 Å². The number of aryl methyl sites for hydroxylation is 1. The van der Waals surface area contributed by atoms with Crippen molar-refractivity contribution in [1.82, 2.24) is 5.32 Å². The Morgan fingerprint density at radius 2 is 1.84 bits per heavy atom. The first-order chi connectivity index (χ1) is 12.0. The summed E-state index contributed by atoms with van der Waals surface area (Å²) in [5.41, 5.74) is 1.51. The van der Waals surface area contributed by atoms with Crippen molar-refractivity contribution < 1.29 is 13.9 Å². The van der Waals surface area contributed by atoms with Crippen molar-refractivity contribution in [3.8, 4) is 0 Å². The molecule has 0 radical (unpaired) electrons. The Morgan fingerprint density at radius 1 is 1.16 bits per heavy atom. The molecular formula is C19H20ClFN2O2. The maximum absolute atomic E-state index is 13.4. The summed E-state index contributed by atoms with van der Waals surface area (Å²) in [5.74, 6) is -0.298. The Kier molecular flexibility index (Phi) is 5.25. The second kappa shape index (κ2) is 7.42. The molecule has 2 N–H and O–H groups in total. The molecule has 1 saturated heterocycles. The minimum Gasteiger partial charge on any atom is -0.381 e. The summed E-state index contributed by atoms with van der Waals surface area (Å²) in [6.07, 6.45) is 1.34. The predicted molar refractivity (Wildman–Crippen MR) is 96.5 cm³/mol. The fourth-order valence-corrected chi connectivity index (χ4v) is 3.20. The van der Waals surface area contributed by atoms with E-state index in [1.165, 1.54) is 6.07 Å².